The number of nitrogens with zero attached hydrogens (tertiary/aromatic N) is 2. The average molecular weight is 304 g/mol. The number of rotatable bonds is 5. The van der Waals surface area contributed by atoms with E-state index in [2.05, 4.69) is 9.88 Å². The van der Waals surface area contributed by atoms with E-state index >= 15 is 0 Å². The Kier molecular flexibility index (Phi) is 4.90. The van der Waals surface area contributed by atoms with Gasteiger partial charge in [-0.1, -0.05) is 5.16 Å². The standard InChI is InChI=1S/C11H17FN4O3S/c1-7(2)16(3)20(18,19)15-10-5-4-8(12)6-9(10)11(13)14-17/h4-7,15,17H,1-3H3,(H2,13,14). The second kappa shape index (κ2) is 6.06. The van der Waals surface area contributed by atoms with E-state index in [1.165, 1.54) is 13.1 Å². The monoisotopic (exact) mass is 304 g/mol. The molecule has 0 spiro atoms. The van der Waals surface area contributed by atoms with Gasteiger partial charge in [-0.05, 0) is 32.0 Å². The van der Waals surface area contributed by atoms with Gasteiger partial charge in [-0.3, -0.25) is 4.72 Å². The summed E-state index contributed by atoms with van der Waals surface area (Å²) in [6, 6.07) is 2.98. The summed E-state index contributed by atoms with van der Waals surface area (Å²) in [7, 11) is -2.42. The highest BCUT2D eigenvalue weighted by Crippen LogP contribution is 2.19. The van der Waals surface area contributed by atoms with E-state index < -0.39 is 21.9 Å². The zero-order valence-electron chi connectivity index (χ0n) is 11.3. The summed E-state index contributed by atoms with van der Waals surface area (Å²) in [5.41, 5.74) is 5.38. The van der Waals surface area contributed by atoms with E-state index in [0.717, 1.165) is 16.4 Å². The van der Waals surface area contributed by atoms with Gasteiger partial charge in [0.2, 0.25) is 0 Å². The van der Waals surface area contributed by atoms with Gasteiger partial charge in [-0.2, -0.15) is 12.7 Å². The third kappa shape index (κ3) is 3.58. The summed E-state index contributed by atoms with van der Waals surface area (Å²) >= 11 is 0. The lowest BCUT2D eigenvalue weighted by Gasteiger charge is -2.22. The smallest absolute Gasteiger partial charge is 0.301 e. The van der Waals surface area contributed by atoms with Gasteiger partial charge >= 0.3 is 10.2 Å². The molecule has 0 heterocycles. The number of hydrogen-bond acceptors (Lipinski definition) is 4. The molecule has 0 fully saturated rings. The zero-order valence-corrected chi connectivity index (χ0v) is 12.1. The second-order valence-corrected chi connectivity index (χ2v) is 6.12. The van der Waals surface area contributed by atoms with Gasteiger partial charge in [0, 0.05) is 18.7 Å². The van der Waals surface area contributed by atoms with Gasteiger partial charge in [0.25, 0.3) is 0 Å². The summed E-state index contributed by atoms with van der Waals surface area (Å²) < 4.78 is 40.7. The van der Waals surface area contributed by atoms with E-state index in [1.54, 1.807) is 13.8 Å². The van der Waals surface area contributed by atoms with Crippen molar-refractivity contribution >= 4 is 21.7 Å². The molecular formula is C11H17FN4O3S. The van der Waals surface area contributed by atoms with Gasteiger partial charge in [0.05, 0.1) is 5.69 Å². The molecule has 0 aliphatic rings. The Morgan fingerprint density at radius 1 is 1.50 bits per heavy atom. The Bertz CT molecular complexity index is 616. The van der Waals surface area contributed by atoms with Crippen molar-refractivity contribution in [2.75, 3.05) is 11.8 Å². The van der Waals surface area contributed by atoms with Crippen LogP contribution in [-0.2, 0) is 10.2 Å². The van der Waals surface area contributed by atoms with Gasteiger partial charge in [0.1, 0.15) is 5.82 Å². The molecule has 0 aliphatic heterocycles. The van der Waals surface area contributed by atoms with Crippen LogP contribution in [0.1, 0.15) is 19.4 Å². The number of benzene rings is 1. The molecule has 0 amide bonds. The van der Waals surface area contributed by atoms with Crippen LogP contribution in [0.15, 0.2) is 23.4 Å². The average Bonchev–Trinajstić information content (AvgIpc) is 2.38. The molecule has 20 heavy (non-hydrogen) atoms. The number of nitrogens with one attached hydrogen (secondary N) is 1. The molecule has 0 aromatic heterocycles. The predicted octanol–water partition coefficient (Wildman–Crippen LogP) is 0.917. The molecule has 0 unspecified atom stereocenters. The maximum Gasteiger partial charge on any atom is 0.301 e. The number of hydrogen-bond donors (Lipinski definition) is 3. The summed E-state index contributed by atoms with van der Waals surface area (Å²) in [5, 5.41) is 11.4. The molecule has 1 rings (SSSR count). The third-order valence-corrected chi connectivity index (χ3v) is 4.37. The number of amidine groups is 1. The van der Waals surface area contributed by atoms with Gasteiger partial charge in [0.15, 0.2) is 5.84 Å². The van der Waals surface area contributed by atoms with Crippen LogP contribution in [0, 0.1) is 5.82 Å². The van der Waals surface area contributed by atoms with Crippen LogP contribution in [0.4, 0.5) is 10.1 Å². The Morgan fingerprint density at radius 2 is 2.10 bits per heavy atom. The van der Waals surface area contributed by atoms with E-state index in [-0.39, 0.29) is 17.3 Å². The Morgan fingerprint density at radius 3 is 2.60 bits per heavy atom. The van der Waals surface area contributed by atoms with Crippen LogP contribution >= 0.6 is 0 Å². The number of halogens is 1. The van der Waals surface area contributed by atoms with Crippen LogP contribution in [0.5, 0.6) is 0 Å². The molecule has 112 valence electrons. The Hall–Kier alpha value is -1.87. The number of oxime groups is 1. The van der Waals surface area contributed by atoms with E-state index in [1.807, 2.05) is 0 Å². The largest absolute Gasteiger partial charge is 0.409 e. The number of anilines is 1. The SMILES string of the molecule is CC(C)N(C)S(=O)(=O)Nc1ccc(F)cc1/C(N)=N/O. The van der Waals surface area contributed by atoms with E-state index in [9.17, 15) is 12.8 Å². The maximum absolute atomic E-state index is 13.2. The van der Waals surface area contributed by atoms with Crippen molar-refractivity contribution in [3.05, 3.63) is 29.6 Å². The first-order valence-corrected chi connectivity index (χ1v) is 7.16. The van der Waals surface area contributed by atoms with Crippen molar-refractivity contribution in [1.82, 2.24) is 4.31 Å². The van der Waals surface area contributed by atoms with Gasteiger partial charge in [-0.15, -0.1) is 0 Å². The second-order valence-electron chi connectivity index (χ2n) is 4.39. The van der Waals surface area contributed by atoms with Crippen molar-refractivity contribution in [2.45, 2.75) is 19.9 Å². The summed E-state index contributed by atoms with van der Waals surface area (Å²) in [6.45, 7) is 3.41. The third-order valence-electron chi connectivity index (χ3n) is 2.71. The van der Waals surface area contributed by atoms with E-state index in [0.29, 0.717) is 0 Å². The summed E-state index contributed by atoms with van der Waals surface area (Å²) in [4.78, 5) is 0. The first kappa shape index (κ1) is 16.2. The van der Waals surface area contributed by atoms with Crippen molar-refractivity contribution in [1.29, 1.82) is 0 Å². The predicted molar refractivity (Wildman–Crippen MR) is 74.4 cm³/mol. The van der Waals surface area contributed by atoms with Crippen LogP contribution in [-0.4, -0.2) is 36.9 Å². The van der Waals surface area contributed by atoms with Crippen molar-refractivity contribution in [3.8, 4) is 0 Å². The van der Waals surface area contributed by atoms with Crippen LogP contribution < -0.4 is 10.5 Å². The molecular weight excluding hydrogens is 287 g/mol. The lowest BCUT2D eigenvalue weighted by atomic mass is 10.1. The highest BCUT2D eigenvalue weighted by atomic mass is 32.2. The quantitative estimate of drug-likeness (QED) is 0.325. The molecule has 4 N–H and O–H groups in total. The lowest BCUT2D eigenvalue weighted by Crippen LogP contribution is -2.37. The minimum absolute atomic E-state index is 0.0224. The van der Waals surface area contributed by atoms with Crippen LogP contribution in [0.2, 0.25) is 0 Å². The zero-order chi connectivity index (χ0) is 15.5. The van der Waals surface area contributed by atoms with Crippen molar-refractivity contribution < 1.29 is 18.0 Å². The molecule has 7 nitrogen and oxygen atoms in total. The first-order valence-electron chi connectivity index (χ1n) is 5.72. The van der Waals surface area contributed by atoms with Gasteiger partial charge < -0.3 is 10.9 Å². The fourth-order valence-corrected chi connectivity index (χ4v) is 2.51. The van der Waals surface area contributed by atoms with Gasteiger partial charge in [-0.25, -0.2) is 4.39 Å². The first-order chi connectivity index (χ1) is 9.19. The van der Waals surface area contributed by atoms with Crippen LogP contribution in [0.3, 0.4) is 0 Å². The molecule has 9 heteroatoms. The molecule has 0 saturated heterocycles. The van der Waals surface area contributed by atoms with Crippen LogP contribution in [0.25, 0.3) is 0 Å². The molecule has 1 aromatic carbocycles. The number of nitrogens with two attached hydrogens (primary N) is 1. The molecule has 1 aromatic rings. The Labute approximate surface area is 117 Å². The normalized spacial score (nSPS) is 13.0. The Balaban J connectivity index is 3.22. The molecule has 0 aliphatic carbocycles. The van der Waals surface area contributed by atoms with E-state index in [4.69, 9.17) is 10.9 Å². The highest BCUT2D eigenvalue weighted by molar-refractivity contribution is 7.90. The molecule has 0 atom stereocenters. The fraction of sp³-hybridized carbons (Fsp3) is 0.364. The maximum atomic E-state index is 13.2. The minimum Gasteiger partial charge on any atom is -0.409 e. The highest BCUT2D eigenvalue weighted by Gasteiger charge is 2.22. The topological polar surface area (TPSA) is 108 Å². The van der Waals surface area contributed by atoms with Crippen molar-refractivity contribution in [2.24, 2.45) is 10.9 Å². The summed E-state index contributed by atoms with van der Waals surface area (Å²) in [5.74, 6) is -1.03. The molecule has 0 saturated carbocycles. The van der Waals surface area contributed by atoms with Crippen molar-refractivity contribution in [3.63, 3.8) is 0 Å². The summed E-state index contributed by atoms with van der Waals surface area (Å²) in [6.07, 6.45) is 0. The molecule has 0 radical (unpaired) electrons. The lowest BCUT2D eigenvalue weighted by molar-refractivity contribution is 0.318. The minimum atomic E-state index is -3.82. The molecule has 0 bridgehead atoms. The fourth-order valence-electron chi connectivity index (χ4n) is 1.36.